The summed E-state index contributed by atoms with van der Waals surface area (Å²) in [5, 5.41) is 11.3. The molecule has 0 bridgehead atoms. The van der Waals surface area contributed by atoms with Gasteiger partial charge in [0.2, 0.25) is 0 Å². The van der Waals surface area contributed by atoms with Crippen molar-refractivity contribution in [1.82, 2.24) is 5.32 Å². The Morgan fingerprint density at radius 2 is 2.86 bits per heavy atom. The summed E-state index contributed by atoms with van der Waals surface area (Å²) in [5.74, 6) is 1.86. The highest BCUT2D eigenvalue weighted by Crippen LogP contribution is 2.16. The maximum absolute atomic E-state index is 8.24. The van der Waals surface area contributed by atoms with Crippen LogP contribution in [0.1, 0.15) is 0 Å². The summed E-state index contributed by atoms with van der Waals surface area (Å²) in [5.41, 5.74) is 0. The van der Waals surface area contributed by atoms with E-state index in [1.54, 1.807) is 11.8 Å². The van der Waals surface area contributed by atoms with Crippen molar-refractivity contribution in [1.29, 1.82) is 5.26 Å². The summed E-state index contributed by atoms with van der Waals surface area (Å²) in [6.45, 7) is 0.807. The van der Waals surface area contributed by atoms with E-state index >= 15 is 0 Å². The third kappa shape index (κ3) is 1.08. The van der Waals surface area contributed by atoms with Crippen LogP contribution < -0.4 is 5.32 Å². The molecule has 1 heterocycles. The summed E-state index contributed by atoms with van der Waals surface area (Å²) in [6.07, 6.45) is 0. The fraction of sp³-hybridized carbons (Fsp3) is 0.500. The second-order valence-electron chi connectivity index (χ2n) is 1.28. The molecule has 1 radical (unpaired) electrons. The molecule has 37 valence electrons. The van der Waals surface area contributed by atoms with Crippen molar-refractivity contribution in [2.45, 2.75) is 5.25 Å². The van der Waals surface area contributed by atoms with Crippen molar-refractivity contribution >= 4 is 11.8 Å². The average Bonchev–Trinajstić information content (AvgIpc) is 2.14. The lowest BCUT2D eigenvalue weighted by Gasteiger charge is -1.86. The first-order valence-electron chi connectivity index (χ1n) is 2.03. The molecule has 3 heteroatoms. The van der Waals surface area contributed by atoms with Gasteiger partial charge in [0.1, 0.15) is 5.25 Å². The molecular weight excluding hydrogens is 108 g/mol. The van der Waals surface area contributed by atoms with Gasteiger partial charge in [0.25, 0.3) is 0 Å². The normalized spacial score (nSPS) is 29.9. The minimum Gasteiger partial charge on any atom is -0.301 e. The SMILES string of the molecule is N#CC1CN[CH]S1. The van der Waals surface area contributed by atoms with Crippen LogP contribution in [0, 0.1) is 17.2 Å². The van der Waals surface area contributed by atoms with E-state index in [4.69, 9.17) is 5.26 Å². The van der Waals surface area contributed by atoms with E-state index in [0.29, 0.717) is 0 Å². The molecule has 1 atom stereocenters. The van der Waals surface area contributed by atoms with Crippen LogP contribution in [0.3, 0.4) is 0 Å². The Morgan fingerprint density at radius 1 is 2.00 bits per heavy atom. The van der Waals surface area contributed by atoms with Crippen molar-refractivity contribution < 1.29 is 0 Å². The molecule has 7 heavy (non-hydrogen) atoms. The van der Waals surface area contributed by atoms with Crippen LogP contribution in [-0.4, -0.2) is 11.8 Å². The van der Waals surface area contributed by atoms with E-state index < -0.39 is 0 Å². The van der Waals surface area contributed by atoms with Crippen molar-refractivity contribution in [2.75, 3.05) is 6.54 Å². The Balaban J connectivity index is 2.31. The molecule has 1 N–H and O–H groups in total. The van der Waals surface area contributed by atoms with Gasteiger partial charge in [-0.1, -0.05) is 0 Å². The van der Waals surface area contributed by atoms with Crippen LogP contribution in [0.4, 0.5) is 0 Å². The number of nitriles is 1. The number of hydrogen-bond donors (Lipinski definition) is 1. The molecule has 1 aliphatic rings. The summed E-state index contributed by atoms with van der Waals surface area (Å²) in [4.78, 5) is 0. The molecule has 1 fully saturated rings. The first-order chi connectivity index (χ1) is 3.43. The van der Waals surface area contributed by atoms with Gasteiger partial charge in [0.15, 0.2) is 0 Å². The Labute approximate surface area is 46.9 Å². The number of rotatable bonds is 0. The highest BCUT2D eigenvalue weighted by molar-refractivity contribution is 8.02. The van der Waals surface area contributed by atoms with Crippen molar-refractivity contribution in [2.24, 2.45) is 0 Å². The van der Waals surface area contributed by atoms with E-state index in [9.17, 15) is 0 Å². The Kier molecular flexibility index (Phi) is 1.55. The molecule has 2 nitrogen and oxygen atoms in total. The maximum Gasteiger partial charge on any atom is 0.106 e. The molecular formula is C4H5N2S. The largest absolute Gasteiger partial charge is 0.301 e. The second kappa shape index (κ2) is 2.20. The Bertz CT molecular complexity index is 90.4. The van der Waals surface area contributed by atoms with Gasteiger partial charge in [-0.25, -0.2) is 0 Å². The molecule has 0 aromatic heterocycles. The van der Waals surface area contributed by atoms with E-state index in [1.807, 2.05) is 5.88 Å². The van der Waals surface area contributed by atoms with Crippen LogP contribution in [0.2, 0.25) is 0 Å². The van der Waals surface area contributed by atoms with Gasteiger partial charge in [0.05, 0.1) is 11.9 Å². The van der Waals surface area contributed by atoms with Gasteiger partial charge in [-0.2, -0.15) is 5.26 Å². The molecule has 1 aliphatic heterocycles. The summed E-state index contributed by atoms with van der Waals surface area (Å²) >= 11 is 1.55. The third-order valence-electron chi connectivity index (χ3n) is 0.763. The smallest absolute Gasteiger partial charge is 0.106 e. The zero-order valence-corrected chi connectivity index (χ0v) is 4.53. The predicted octanol–water partition coefficient (Wildman–Crippen LogP) is 0.334. The van der Waals surface area contributed by atoms with Crippen LogP contribution in [-0.2, 0) is 0 Å². The molecule has 0 amide bonds. The highest BCUT2D eigenvalue weighted by atomic mass is 32.2. The zero-order chi connectivity index (χ0) is 5.11. The standard InChI is InChI=1S/C4H5N2S/c5-1-4-2-6-3-7-4/h3-4,6H,2H2. The van der Waals surface area contributed by atoms with Gasteiger partial charge in [0, 0.05) is 6.54 Å². The minimum atomic E-state index is 0.153. The third-order valence-corrected chi connectivity index (χ3v) is 1.67. The Morgan fingerprint density at radius 3 is 3.14 bits per heavy atom. The summed E-state index contributed by atoms with van der Waals surface area (Å²) in [6, 6.07) is 2.13. The van der Waals surface area contributed by atoms with Gasteiger partial charge >= 0.3 is 0 Å². The number of nitrogens with zero attached hydrogens (tertiary/aromatic N) is 1. The van der Waals surface area contributed by atoms with E-state index in [2.05, 4.69) is 11.4 Å². The highest BCUT2D eigenvalue weighted by Gasteiger charge is 2.12. The molecule has 0 saturated carbocycles. The molecule has 1 unspecified atom stereocenters. The lowest BCUT2D eigenvalue weighted by atomic mass is 10.5. The topological polar surface area (TPSA) is 35.8 Å². The molecule has 0 aliphatic carbocycles. The van der Waals surface area contributed by atoms with E-state index in [0.717, 1.165) is 6.54 Å². The van der Waals surface area contributed by atoms with Crippen molar-refractivity contribution in [3.63, 3.8) is 0 Å². The number of nitrogens with one attached hydrogen (secondary N) is 1. The first-order valence-corrected chi connectivity index (χ1v) is 2.98. The van der Waals surface area contributed by atoms with Gasteiger partial charge < -0.3 is 5.32 Å². The van der Waals surface area contributed by atoms with Gasteiger partial charge in [-0.3, -0.25) is 0 Å². The lowest BCUT2D eigenvalue weighted by molar-refractivity contribution is 0.892. The van der Waals surface area contributed by atoms with Gasteiger partial charge in [-0.05, 0) is 0 Å². The van der Waals surface area contributed by atoms with Crippen LogP contribution in [0.5, 0.6) is 0 Å². The Hall–Kier alpha value is -0.200. The summed E-state index contributed by atoms with van der Waals surface area (Å²) in [7, 11) is 0. The molecule has 1 saturated heterocycles. The van der Waals surface area contributed by atoms with Crippen molar-refractivity contribution in [3.8, 4) is 6.07 Å². The molecule has 0 spiro atoms. The molecule has 0 aromatic rings. The second-order valence-corrected chi connectivity index (χ2v) is 2.36. The fourth-order valence-corrected chi connectivity index (χ4v) is 1.02. The van der Waals surface area contributed by atoms with E-state index in [1.165, 1.54) is 0 Å². The number of thioether (sulfide) groups is 1. The lowest BCUT2D eigenvalue weighted by Crippen LogP contribution is -2.08. The number of hydrogen-bond acceptors (Lipinski definition) is 3. The van der Waals surface area contributed by atoms with Crippen LogP contribution in [0.25, 0.3) is 0 Å². The molecule has 0 aromatic carbocycles. The van der Waals surface area contributed by atoms with E-state index in [-0.39, 0.29) is 5.25 Å². The quantitative estimate of drug-likeness (QED) is 0.492. The van der Waals surface area contributed by atoms with Gasteiger partial charge in [-0.15, -0.1) is 11.8 Å². The predicted molar refractivity (Wildman–Crippen MR) is 29.3 cm³/mol. The first kappa shape index (κ1) is 4.95. The summed E-state index contributed by atoms with van der Waals surface area (Å²) < 4.78 is 0. The fourth-order valence-electron chi connectivity index (χ4n) is 0.410. The minimum absolute atomic E-state index is 0.153. The van der Waals surface area contributed by atoms with Crippen LogP contribution >= 0.6 is 11.8 Å². The monoisotopic (exact) mass is 113 g/mol. The molecule has 1 rings (SSSR count). The zero-order valence-electron chi connectivity index (χ0n) is 3.72. The maximum atomic E-state index is 8.24. The average molecular weight is 113 g/mol. The van der Waals surface area contributed by atoms with Crippen molar-refractivity contribution in [3.05, 3.63) is 5.88 Å². The van der Waals surface area contributed by atoms with Crippen LogP contribution in [0.15, 0.2) is 0 Å².